The van der Waals surface area contributed by atoms with E-state index in [0.717, 1.165) is 12.1 Å². The molecule has 1 aromatic carbocycles. The topological polar surface area (TPSA) is 83.4 Å². The van der Waals surface area contributed by atoms with Gasteiger partial charge < -0.3 is 20.1 Å². The van der Waals surface area contributed by atoms with E-state index in [2.05, 4.69) is 0 Å². The van der Waals surface area contributed by atoms with Crippen LogP contribution in [0.15, 0.2) is 18.2 Å². The Bertz CT molecular complexity index is 314. The SMILES string of the molecule is O=C([O-])c1cc(CO)ccc1[O-].[Na+].[Na+]. The number of aliphatic hydroxyl groups is 1. The van der Waals surface area contributed by atoms with Gasteiger partial charge in [-0.15, -0.1) is 0 Å². The zero-order valence-electron chi connectivity index (χ0n) is 8.11. The molecule has 0 aliphatic heterocycles. The van der Waals surface area contributed by atoms with Crippen LogP contribution >= 0.6 is 0 Å². The van der Waals surface area contributed by atoms with Crippen LogP contribution in [0.3, 0.4) is 0 Å². The van der Waals surface area contributed by atoms with Crippen molar-refractivity contribution >= 4 is 5.97 Å². The van der Waals surface area contributed by atoms with Crippen molar-refractivity contribution in [2.45, 2.75) is 6.61 Å². The first-order chi connectivity index (χ1) is 5.65. The number of carbonyl (C=O) groups excluding carboxylic acids is 1. The fourth-order valence-electron chi connectivity index (χ4n) is 0.835. The van der Waals surface area contributed by atoms with Gasteiger partial charge in [0, 0.05) is 0 Å². The average molecular weight is 212 g/mol. The van der Waals surface area contributed by atoms with E-state index in [1.807, 2.05) is 0 Å². The van der Waals surface area contributed by atoms with E-state index in [1.165, 1.54) is 6.07 Å². The molecular formula is C8H6Na2O4. The number of aromatic carboxylic acids is 1. The Morgan fingerprint density at radius 3 is 2.36 bits per heavy atom. The van der Waals surface area contributed by atoms with Crippen LogP contribution in [0.4, 0.5) is 0 Å². The van der Waals surface area contributed by atoms with E-state index in [9.17, 15) is 15.0 Å². The molecule has 0 unspecified atom stereocenters. The fourth-order valence-corrected chi connectivity index (χ4v) is 0.835. The summed E-state index contributed by atoms with van der Waals surface area (Å²) in [6, 6.07) is 3.57. The van der Waals surface area contributed by atoms with Gasteiger partial charge in [0.1, 0.15) is 0 Å². The van der Waals surface area contributed by atoms with E-state index < -0.39 is 17.3 Å². The van der Waals surface area contributed by atoms with Crippen molar-refractivity contribution < 1.29 is 79.2 Å². The third-order valence-corrected chi connectivity index (χ3v) is 1.45. The smallest absolute Gasteiger partial charge is 0.872 e. The number of carbonyl (C=O) groups is 1. The second-order valence-corrected chi connectivity index (χ2v) is 2.28. The van der Waals surface area contributed by atoms with Crippen molar-refractivity contribution in [1.82, 2.24) is 0 Å². The molecule has 1 rings (SSSR count). The van der Waals surface area contributed by atoms with Crippen LogP contribution in [0.1, 0.15) is 15.9 Å². The van der Waals surface area contributed by atoms with Crippen LogP contribution in [0.5, 0.6) is 5.75 Å². The van der Waals surface area contributed by atoms with E-state index >= 15 is 0 Å². The van der Waals surface area contributed by atoms with Gasteiger partial charge in [-0.3, -0.25) is 0 Å². The number of hydrogen-bond donors (Lipinski definition) is 1. The molecule has 64 valence electrons. The number of carboxylic acids is 1. The van der Waals surface area contributed by atoms with Gasteiger partial charge in [-0.2, -0.15) is 0 Å². The molecule has 0 spiro atoms. The van der Waals surface area contributed by atoms with Crippen molar-refractivity contribution in [1.29, 1.82) is 0 Å². The van der Waals surface area contributed by atoms with Crippen molar-refractivity contribution in [3.8, 4) is 5.75 Å². The number of rotatable bonds is 2. The first-order valence-corrected chi connectivity index (χ1v) is 3.27. The fraction of sp³-hybridized carbons (Fsp3) is 0.125. The third kappa shape index (κ3) is 4.31. The normalized spacial score (nSPS) is 8.36. The Kier molecular flexibility index (Phi) is 9.28. The maximum Gasteiger partial charge on any atom is 1.00 e. The van der Waals surface area contributed by atoms with Gasteiger partial charge >= 0.3 is 59.1 Å². The summed E-state index contributed by atoms with van der Waals surface area (Å²) in [5, 5.41) is 29.7. The Labute approximate surface area is 126 Å². The van der Waals surface area contributed by atoms with Crippen LogP contribution < -0.4 is 69.3 Å². The van der Waals surface area contributed by atoms with E-state index in [1.54, 1.807) is 0 Å². The molecule has 0 heterocycles. The summed E-state index contributed by atoms with van der Waals surface area (Å²) >= 11 is 0. The Morgan fingerprint density at radius 2 is 1.93 bits per heavy atom. The summed E-state index contributed by atoms with van der Waals surface area (Å²) in [7, 11) is 0. The van der Waals surface area contributed by atoms with Gasteiger partial charge in [0.25, 0.3) is 0 Å². The van der Waals surface area contributed by atoms with E-state index in [-0.39, 0.29) is 65.7 Å². The third-order valence-electron chi connectivity index (χ3n) is 1.45. The van der Waals surface area contributed by atoms with Gasteiger partial charge in [-0.05, 0) is 17.2 Å². The molecule has 6 heteroatoms. The maximum atomic E-state index is 10.8. The largest absolute Gasteiger partial charge is 1.00 e. The quantitative estimate of drug-likeness (QED) is 0.494. The van der Waals surface area contributed by atoms with E-state index in [0.29, 0.717) is 5.56 Å². The summed E-state index contributed by atoms with van der Waals surface area (Å²) in [6.07, 6.45) is 0. The first kappa shape index (κ1) is 16.9. The Morgan fingerprint density at radius 1 is 1.36 bits per heavy atom. The predicted molar refractivity (Wildman–Crippen MR) is 36.1 cm³/mol. The Hall–Kier alpha value is 0.450. The average Bonchev–Trinajstić information content (AvgIpc) is 2.05. The second-order valence-electron chi connectivity index (χ2n) is 2.28. The molecule has 0 atom stereocenters. The number of aliphatic hydroxyl groups excluding tert-OH is 1. The zero-order valence-corrected chi connectivity index (χ0v) is 12.1. The molecule has 0 bridgehead atoms. The van der Waals surface area contributed by atoms with Crippen LogP contribution in [0.2, 0.25) is 0 Å². The molecule has 0 aliphatic carbocycles. The predicted octanol–water partition coefficient (Wildman–Crippen LogP) is -7.38. The molecule has 14 heavy (non-hydrogen) atoms. The summed E-state index contributed by atoms with van der Waals surface area (Å²) in [5.74, 6) is -2.12. The summed E-state index contributed by atoms with van der Waals surface area (Å²) < 4.78 is 0. The second kappa shape index (κ2) is 7.70. The van der Waals surface area contributed by atoms with Crippen molar-refractivity contribution in [3.05, 3.63) is 29.3 Å². The summed E-state index contributed by atoms with van der Waals surface area (Å²) in [4.78, 5) is 10.3. The minimum atomic E-state index is -1.52. The van der Waals surface area contributed by atoms with Crippen LogP contribution in [-0.4, -0.2) is 11.1 Å². The van der Waals surface area contributed by atoms with Gasteiger partial charge in [-0.1, -0.05) is 17.9 Å². The van der Waals surface area contributed by atoms with Gasteiger partial charge in [-0.25, -0.2) is 0 Å². The molecule has 0 saturated heterocycles. The molecule has 1 aromatic rings. The molecule has 4 nitrogen and oxygen atoms in total. The molecule has 0 saturated carbocycles. The zero-order chi connectivity index (χ0) is 9.14. The molecule has 0 aliphatic rings. The summed E-state index contributed by atoms with van der Waals surface area (Å²) in [5.41, 5.74) is -0.0321. The molecule has 0 fully saturated rings. The number of hydrogen-bond acceptors (Lipinski definition) is 4. The van der Waals surface area contributed by atoms with Crippen LogP contribution in [0, 0.1) is 0 Å². The molecular weight excluding hydrogens is 206 g/mol. The van der Waals surface area contributed by atoms with E-state index in [4.69, 9.17) is 5.11 Å². The number of carboxylic acid groups (broad SMARTS) is 1. The standard InChI is InChI=1S/C8H8O4.2Na/c9-4-5-1-2-7(10)6(3-5)8(11)12;;/h1-3,9-10H,4H2,(H,11,12);;/q;2*+1/p-2. The number of benzene rings is 1. The molecule has 1 N–H and O–H groups in total. The molecule has 0 aromatic heterocycles. The molecule has 0 amide bonds. The maximum absolute atomic E-state index is 10.8. The minimum absolute atomic E-state index is 0. The monoisotopic (exact) mass is 212 g/mol. The Balaban J connectivity index is 0. The minimum Gasteiger partial charge on any atom is -0.872 e. The van der Waals surface area contributed by atoms with Gasteiger partial charge in [0.2, 0.25) is 0 Å². The van der Waals surface area contributed by atoms with Crippen LogP contribution in [-0.2, 0) is 6.61 Å². The summed E-state index contributed by atoms with van der Waals surface area (Å²) in [6.45, 7) is -0.291. The van der Waals surface area contributed by atoms with Crippen molar-refractivity contribution in [2.24, 2.45) is 0 Å². The van der Waals surface area contributed by atoms with Crippen LogP contribution in [0.25, 0.3) is 0 Å². The van der Waals surface area contributed by atoms with Gasteiger partial charge in [0.15, 0.2) is 0 Å². The molecule has 0 radical (unpaired) electrons. The van der Waals surface area contributed by atoms with Crippen molar-refractivity contribution in [2.75, 3.05) is 0 Å². The van der Waals surface area contributed by atoms with Crippen molar-refractivity contribution in [3.63, 3.8) is 0 Å². The van der Waals surface area contributed by atoms with Gasteiger partial charge in [0.05, 0.1) is 12.6 Å². The first-order valence-electron chi connectivity index (χ1n) is 3.27.